The molecule has 6 heteroatoms. The summed E-state index contributed by atoms with van der Waals surface area (Å²) in [7, 11) is 1.82. The summed E-state index contributed by atoms with van der Waals surface area (Å²) in [6.07, 6.45) is 6.27. The third-order valence-electron chi connectivity index (χ3n) is 4.73. The number of hydrogen-bond donors (Lipinski definition) is 2. The van der Waals surface area contributed by atoms with Gasteiger partial charge in [-0.3, -0.25) is 4.99 Å². The molecule has 2 heterocycles. The molecule has 2 fully saturated rings. The zero-order valence-corrected chi connectivity index (χ0v) is 17.5. The first-order valence-corrected chi connectivity index (χ1v) is 9.13. The minimum absolute atomic E-state index is 0. The van der Waals surface area contributed by atoms with Crippen molar-refractivity contribution < 1.29 is 9.47 Å². The van der Waals surface area contributed by atoms with Crippen LogP contribution in [0, 0.1) is 0 Å². The van der Waals surface area contributed by atoms with Gasteiger partial charge in [0, 0.05) is 13.6 Å². The maximum Gasteiger partial charge on any atom is 0.191 e. The Morgan fingerprint density at radius 1 is 1.36 bits per heavy atom. The summed E-state index contributed by atoms with van der Waals surface area (Å²) >= 11 is 0. The third-order valence-corrected chi connectivity index (χ3v) is 4.73. The highest BCUT2D eigenvalue weighted by Gasteiger charge is 2.41. The van der Waals surface area contributed by atoms with E-state index < -0.39 is 0 Å². The van der Waals surface area contributed by atoms with Crippen molar-refractivity contribution in [3.05, 3.63) is 29.8 Å². The van der Waals surface area contributed by atoms with Crippen LogP contribution in [-0.2, 0) is 11.2 Å². The smallest absolute Gasteiger partial charge is 0.191 e. The van der Waals surface area contributed by atoms with Gasteiger partial charge in [-0.25, -0.2) is 0 Å². The lowest BCUT2D eigenvalue weighted by molar-refractivity contribution is 0.0992. The normalized spacial score (nSPS) is 24.7. The first-order valence-electron chi connectivity index (χ1n) is 9.13. The first-order chi connectivity index (χ1) is 11.8. The van der Waals surface area contributed by atoms with Gasteiger partial charge >= 0.3 is 0 Å². The zero-order chi connectivity index (χ0) is 16.8. The second kappa shape index (κ2) is 10.2. The standard InChI is InChI=1S/C19H29N3O2.HI/c1-3-11-23-15-6-4-5-14(12-15)9-10-21-19(20-2)22-17-13-16-7-8-18(17)24-16;/h4-6,12,16-18H,3,7-11,13H2,1-2H3,(H2,20,21,22);1H. The van der Waals surface area contributed by atoms with Crippen LogP contribution in [0.25, 0.3) is 0 Å². The van der Waals surface area contributed by atoms with Crippen LogP contribution < -0.4 is 15.4 Å². The molecule has 5 nitrogen and oxygen atoms in total. The van der Waals surface area contributed by atoms with Crippen molar-refractivity contribution in [1.29, 1.82) is 0 Å². The van der Waals surface area contributed by atoms with Crippen molar-refractivity contribution in [2.75, 3.05) is 20.2 Å². The first kappa shape index (κ1) is 20.3. The van der Waals surface area contributed by atoms with E-state index in [9.17, 15) is 0 Å². The Kier molecular flexibility index (Phi) is 8.29. The van der Waals surface area contributed by atoms with Crippen molar-refractivity contribution >= 4 is 29.9 Å². The van der Waals surface area contributed by atoms with Gasteiger partial charge in [-0.15, -0.1) is 24.0 Å². The Labute approximate surface area is 168 Å². The van der Waals surface area contributed by atoms with Crippen LogP contribution in [0.2, 0.25) is 0 Å². The van der Waals surface area contributed by atoms with Crippen LogP contribution in [0.3, 0.4) is 0 Å². The van der Waals surface area contributed by atoms with Gasteiger partial charge in [-0.05, 0) is 49.8 Å². The number of nitrogens with one attached hydrogen (secondary N) is 2. The van der Waals surface area contributed by atoms with Crippen LogP contribution in [-0.4, -0.2) is 44.4 Å². The minimum atomic E-state index is 0. The second-order valence-electron chi connectivity index (χ2n) is 6.61. The fourth-order valence-corrected chi connectivity index (χ4v) is 3.50. The highest BCUT2D eigenvalue weighted by molar-refractivity contribution is 14.0. The van der Waals surface area contributed by atoms with Gasteiger partial charge in [0.25, 0.3) is 0 Å². The van der Waals surface area contributed by atoms with Crippen LogP contribution in [0.4, 0.5) is 0 Å². The summed E-state index contributed by atoms with van der Waals surface area (Å²) < 4.78 is 11.6. The van der Waals surface area contributed by atoms with Gasteiger partial charge in [0.1, 0.15) is 5.75 Å². The number of halogens is 1. The fourth-order valence-electron chi connectivity index (χ4n) is 3.50. The third kappa shape index (κ3) is 5.74. The molecule has 25 heavy (non-hydrogen) atoms. The summed E-state index contributed by atoms with van der Waals surface area (Å²) in [4.78, 5) is 4.34. The molecule has 0 saturated carbocycles. The van der Waals surface area contributed by atoms with Crippen molar-refractivity contribution in [2.24, 2.45) is 4.99 Å². The van der Waals surface area contributed by atoms with Crippen molar-refractivity contribution in [2.45, 2.75) is 57.3 Å². The van der Waals surface area contributed by atoms with E-state index in [1.165, 1.54) is 18.4 Å². The molecule has 2 bridgehead atoms. The molecule has 1 aromatic carbocycles. The Bertz CT molecular complexity index is 567. The number of aliphatic imine (C=N–C) groups is 1. The minimum Gasteiger partial charge on any atom is -0.494 e. The summed E-state index contributed by atoms with van der Waals surface area (Å²) in [6, 6.07) is 8.74. The van der Waals surface area contributed by atoms with Crippen LogP contribution in [0.1, 0.15) is 38.2 Å². The maximum atomic E-state index is 5.89. The van der Waals surface area contributed by atoms with Gasteiger partial charge in [0.2, 0.25) is 0 Å². The van der Waals surface area contributed by atoms with E-state index in [2.05, 4.69) is 40.7 Å². The predicted octanol–water partition coefficient (Wildman–Crippen LogP) is 3.12. The monoisotopic (exact) mass is 459 g/mol. The highest BCUT2D eigenvalue weighted by atomic mass is 127. The van der Waals surface area contributed by atoms with E-state index in [0.29, 0.717) is 18.2 Å². The lowest BCUT2D eigenvalue weighted by Crippen LogP contribution is -2.47. The molecule has 2 saturated heterocycles. The lowest BCUT2D eigenvalue weighted by Gasteiger charge is -2.22. The SMILES string of the molecule is CCCOc1cccc(CCNC(=NC)NC2CC3CCC2O3)c1.I. The quantitative estimate of drug-likeness (QED) is 0.374. The molecule has 0 aliphatic carbocycles. The second-order valence-corrected chi connectivity index (χ2v) is 6.61. The molecule has 1 aromatic rings. The topological polar surface area (TPSA) is 54.9 Å². The Morgan fingerprint density at radius 2 is 2.24 bits per heavy atom. The highest BCUT2D eigenvalue weighted by Crippen LogP contribution is 2.34. The molecule has 2 aliphatic rings. The van der Waals surface area contributed by atoms with E-state index >= 15 is 0 Å². The van der Waals surface area contributed by atoms with E-state index in [0.717, 1.165) is 44.1 Å². The van der Waals surface area contributed by atoms with Crippen LogP contribution >= 0.6 is 24.0 Å². The summed E-state index contributed by atoms with van der Waals surface area (Å²) in [6.45, 7) is 3.73. The average Bonchev–Trinajstić information content (AvgIpc) is 3.22. The van der Waals surface area contributed by atoms with Crippen molar-refractivity contribution in [3.8, 4) is 5.75 Å². The van der Waals surface area contributed by atoms with E-state index in [1.54, 1.807) is 0 Å². The largest absolute Gasteiger partial charge is 0.494 e. The van der Waals surface area contributed by atoms with Gasteiger partial charge < -0.3 is 20.1 Å². The van der Waals surface area contributed by atoms with Gasteiger partial charge in [0.05, 0.1) is 24.9 Å². The number of guanidine groups is 1. The Morgan fingerprint density at radius 3 is 2.92 bits per heavy atom. The van der Waals surface area contributed by atoms with Crippen LogP contribution in [0.15, 0.2) is 29.3 Å². The molecular weight excluding hydrogens is 429 g/mol. The average molecular weight is 459 g/mol. The Balaban J connectivity index is 0.00000225. The Hall–Kier alpha value is -1.02. The lowest BCUT2D eigenvalue weighted by atomic mass is 9.96. The number of rotatable bonds is 7. The van der Waals surface area contributed by atoms with E-state index in [1.807, 2.05) is 13.1 Å². The van der Waals surface area contributed by atoms with Crippen LogP contribution in [0.5, 0.6) is 5.75 Å². The molecule has 0 aromatic heterocycles. The molecule has 0 radical (unpaired) electrons. The van der Waals surface area contributed by atoms with E-state index in [4.69, 9.17) is 9.47 Å². The number of ether oxygens (including phenoxy) is 2. The molecule has 0 spiro atoms. The molecule has 3 atom stereocenters. The number of nitrogens with zero attached hydrogens (tertiary/aromatic N) is 1. The fraction of sp³-hybridized carbons (Fsp3) is 0.632. The van der Waals surface area contributed by atoms with E-state index in [-0.39, 0.29) is 24.0 Å². The number of fused-ring (bicyclic) bond motifs is 2. The summed E-state index contributed by atoms with van der Waals surface area (Å²) in [5.74, 6) is 1.82. The van der Waals surface area contributed by atoms with Crippen molar-refractivity contribution in [3.63, 3.8) is 0 Å². The molecule has 3 unspecified atom stereocenters. The number of benzene rings is 1. The molecular formula is C19H30IN3O2. The maximum absolute atomic E-state index is 5.89. The molecule has 3 rings (SSSR count). The van der Waals surface area contributed by atoms with Gasteiger partial charge in [0.15, 0.2) is 5.96 Å². The molecule has 2 aliphatic heterocycles. The molecule has 140 valence electrons. The summed E-state index contributed by atoms with van der Waals surface area (Å²) in [5, 5.41) is 6.92. The zero-order valence-electron chi connectivity index (χ0n) is 15.2. The van der Waals surface area contributed by atoms with Gasteiger partial charge in [-0.2, -0.15) is 0 Å². The van der Waals surface area contributed by atoms with Crippen molar-refractivity contribution in [1.82, 2.24) is 10.6 Å². The number of hydrogen-bond acceptors (Lipinski definition) is 3. The molecule has 0 amide bonds. The predicted molar refractivity (Wildman–Crippen MR) is 112 cm³/mol. The van der Waals surface area contributed by atoms with Gasteiger partial charge in [-0.1, -0.05) is 19.1 Å². The summed E-state index contributed by atoms with van der Waals surface area (Å²) in [5.41, 5.74) is 1.27. The molecule has 2 N–H and O–H groups in total.